The lowest BCUT2D eigenvalue weighted by Crippen LogP contribution is -2.40. The molecule has 0 saturated carbocycles. The number of hydrogen-bond acceptors (Lipinski definition) is 4. The van der Waals surface area contributed by atoms with Gasteiger partial charge >= 0.3 is 0 Å². The molecule has 9 heteroatoms. The number of rotatable bonds is 7. The largest absolute Gasteiger partial charge is 0.351 e. The number of amides is 1. The molecule has 0 fully saturated rings. The van der Waals surface area contributed by atoms with Gasteiger partial charge < -0.3 is 5.32 Å². The van der Waals surface area contributed by atoms with E-state index in [1.807, 2.05) is 0 Å². The Kier molecular flexibility index (Phi) is 6.78. The van der Waals surface area contributed by atoms with Crippen molar-refractivity contribution in [3.05, 3.63) is 58.3 Å². The molecule has 1 N–H and O–H groups in total. The number of carbonyl (C=O) groups is 1. The summed E-state index contributed by atoms with van der Waals surface area (Å²) in [5.74, 6) is -0.401. The first-order valence-electron chi connectivity index (χ1n) is 7.45. The number of halogens is 2. The van der Waals surface area contributed by atoms with E-state index in [0.717, 1.165) is 9.87 Å². The highest BCUT2D eigenvalue weighted by atomic mass is 35.5. The third-order valence-electron chi connectivity index (χ3n) is 3.41. The van der Waals surface area contributed by atoms with Crippen molar-refractivity contribution in [1.82, 2.24) is 14.6 Å². The maximum Gasteiger partial charge on any atom is 0.245 e. The Morgan fingerprint density at radius 3 is 2.40 bits per heavy atom. The highest BCUT2D eigenvalue weighted by Crippen LogP contribution is 2.16. The van der Waals surface area contributed by atoms with Gasteiger partial charge in [-0.3, -0.25) is 4.79 Å². The van der Waals surface area contributed by atoms with E-state index in [1.54, 1.807) is 31.2 Å². The monoisotopic (exact) mass is 401 g/mol. The summed E-state index contributed by atoms with van der Waals surface area (Å²) in [4.78, 5) is 15.9. The van der Waals surface area contributed by atoms with Crippen LogP contribution in [0.2, 0.25) is 10.2 Å². The predicted molar refractivity (Wildman–Crippen MR) is 97.0 cm³/mol. The number of aromatic nitrogens is 1. The summed E-state index contributed by atoms with van der Waals surface area (Å²) in [5, 5.41) is 3.49. The van der Waals surface area contributed by atoms with Crippen LogP contribution in [-0.2, 0) is 21.4 Å². The van der Waals surface area contributed by atoms with Crippen LogP contribution >= 0.6 is 23.2 Å². The van der Waals surface area contributed by atoms with Gasteiger partial charge in [-0.2, -0.15) is 4.31 Å². The lowest BCUT2D eigenvalue weighted by molar-refractivity contribution is -0.121. The first-order chi connectivity index (χ1) is 11.8. The van der Waals surface area contributed by atoms with Crippen LogP contribution < -0.4 is 5.32 Å². The van der Waals surface area contributed by atoms with E-state index in [-0.39, 0.29) is 29.7 Å². The number of sulfonamides is 1. The van der Waals surface area contributed by atoms with Gasteiger partial charge in [0.1, 0.15) is 10.0 Å². The van der Waals surface area contributed by atoms with Crippen LogP contribution in [0.25, 0.3) is 0 Å². The summed E-state index contributed by atoms with van der Waals surface area (Å²) in [6.07, 6.45) is 1.17. The van der Waals surface area contributed by atoms with Gasteiger partial charge in [-0.25, -0.2) is 13.4 Å². The number of pyridine rings is 1. The summed E-state index contributed by atoms with van der Waals surface area (Å²) in [7, 11) is -3.82. The molecular formula is C16H17Cl2N3O3S. The molecule has 0 aliphatic heterocycles. The second-order valence-electron chi connectivity index (χ2n) is 5.15. The zero-order valence-electron chi connectivity index (χ0n) is 13.4. The maximum atomic E-state index is 12.6. The Morgan fingerprint density at radius 2 is 1.84 bits per heavy atom. The smallest absolute Gasteiger partial charge is 0.245 e. The number of nitrogens with one attached hydrogen (secondary N) is 1. The lowest BCUT2D eigenvalue weighted by Gasteiger charge is -2.20. The van der Waals surface area contributed by atoms with Crippen LogP contribution in [0.1, 0.15) is 12.5 Å². The quantitative estimate of drug-likeness (QED) is 0.723. The van der Waals surface area contributed by atoms with Crippen LogP contribution in [0, 0.1) is 0 Å². The molecular weight excluding hydrogens is 385 g/mol. The minimum atomic E-state index is -3.82. The highest BCUT2D eigenvalue weighted by Gasteiger charge is 2.25. The van der Waals surface area contributed by atoms with Crippen LogP contribution in [0.4, 0.5) is 0 Å². The van der Waals surface area contributed by atoms with Crippen molar-refractivity contribution in [2.75, 3.05) is 13.1 Å². The fraction of sp³-hybridized carbons (Fsp3) is 0.250. The maximum absolute atomic E-state index is 12.6. The summed E-state index contributed by atoms with van der Waals surface area (Å²) in [6, 6.07) is 9.77. The standard InChI is InChI=1S/C16H17Cl2N3O3S/c1-2-21(25(23,24)14-7-8-15(18)19-10-14)11-16(22)20-9-12-3-5-13(17)6-4-12/h3-8,10H,2,9,11H2,1H3,(H,20,22). The number of nitrogens with zero attached hydrogens (tertiary/aromatic N) is 2. The summed E-state index contributed by atoms with van der Waals surface area (Å²) in [6.45, 7) is 1.82. The first-order valence-corrected chi connectivity index (χ1v) is 9.65. The molecule has 1 amide bonds. The first kappa shape index (κ1) is 19.7. The average molecular weight is 402 g/mol. The normalized spacial score (nSPS) is 11.5. The summed E-state index contributed by atoms with van der Waals surface area (Å²) < 4.78 is 26.2. The SMILES string of the molecule is CCN(CC(=O)NCc1ccc(Cl)cc1)S(=O)(=O)c1ccc(Cl)nc1. The van der Waals surface area contributed by atoms with Crippen molar-refractivity contribution in [2.24, 2.45) is 0 Å². The van der Waals surface area contributed by atoms with Gasteiger partial charge in [0.15, 0.2) is 0 Å². The van der Waals surface area contributed by atoms with Crippen molar-refractivity contribution >= 4 is 39.1 Å². The Balaban J connectivity index is 2.01. The molecule has 2 rings (SSSR count). The number of benzene rings is 1. The molecule has 1 aromatic carbocycles. The molecule has 0 bridgehead atoms. The topological polar surface area (TPSA) is 79.4 Å². The molecule has 0 aliphatic carbocycles. The van der Waals surface area contributed by atoms with Crippen molar-refractivity contribution in [2.45, 2.75) is 18.4 Å². The van der Waals surface area contributed by atoms with E-state index in [4.69, 9.17) is 23.2 Å². The number of hydrogen-bond donors (Lipinski definition) is 1. The molecule has 0 aliphatic rings. The molecule has 1 heterocycles. The Hall–Kier alpha value is -1.67. The van der Waals surface area contributed by atoms with Crippen LogP contribution in [-0.4, -0.2) is 36.7 Å². The lowest BCUT2D eigenvalue weighted by atomic mass is 10.2. The molecule has 0 atom stereocenters. The summed E-state index contributed by atoms with van der Waals surface area (Å²) in [5.41, 5.74) is 0.866. The Bertz CT molecular complexity index is 825. The third kappa shape index (κ3) is 5.40. The fourth-order valence-corrected chi connectivity index (χ4v) is 3.64. The van der Waals surface area contributed by atoms with Gasteiger partial charge in [0, 0.05) is 24.3 Å². The van der Waals surface area contributed by atoms with Gasteiger partial charge in [-0.15, -0.1) is 0 Å². The molecule has 25 heavy (non-hydrogen) atoms. The number of carbonyl (C=O) groups excluding carboxylic acids is 1. The van der Waals surface area contributed by atoms with Crippen molar-refractivity contribution in [1.29, 1.82) is 0 Å². The van der Waals surface area contributed by atoms with Crippen LogP contribution in [0.3, 0.4) is 0 Å². The predicted octanol–water partition coefficient (Wildman–Crippen LogP) is 2.72. The van der Waals surface area contributed by atoms with Crippen molar-refractivity contribution < 1.29 is 13.2 Å². The van der Waals surface area contributed by atoms with Crippen LogP contribution in [0.5, 0.6) is 0 Å². The van der Waals surface area contributed by atoms with E-state index in [0.29, 0.717) is 5.02 Å². The second kappa shape index (κ2) is 8.62. The zero-order chi connectivity index (χ0) is 18.4. The van der Waals surface area contributed by atoms with Gasteiger partial charge in [0.05, 0.1) is 6.54 Å². The highest BCUT2D eigenvalue weighted by molar-refractivity contribution is 7.89. The Labute approximate surface area is 156 Å². The molecule has 0 unspecified atom stereocenters. The van der Waals surface area contributed by atoms with Gasteiger partial charge in [-0.05, 0) is 29.8 Å². The van der Waals surface area contributed by atoms with Crippen LogP contribution in [0.15, 0.2) is 47.5 Å². The second-order valence-corrected chi connectivity index (χ2v) is 7.91. The molecule has 1 aromatic heterocycles. The van der Waals surface area contributed by atoms with E-state index in [9.17, 15) is 13.2 Å². The molecule has 0 saturated heterocycles. The third-order valence-corrected chi connectivity index (χ3v) is 5.79. The van der Waals surface area contributed by atoms with Gasteiger partial charge in [0.2, 0.25) is 15.9 Å². The Morgan fingerprint density at radius 1 is 1.16 bits per heavy atom. The molecule has 2 aromatic rings. The molecule has 0 spiro atoms. The van der Waals surface area contributed by atoms with Crippen molar-refractivity contribution in [3.63, 3.8) is 0 Å². The van der Waals surface area contributed by atoms with Gasteiger partial charge in [-0.1, -0.05) is 42.3 Å². The zero-order valence-corrected chi connectivity index (χ0v) is 15.8. The van der Waals surface area contributed by atoms with E-state index in [1.165, 1.54) is 18.3 Å². The molecule has 6 nitrogen and oxygen atoms in total. The minimum absolute atomic E-state index is 0.00995. The minimum Gasteiger partial charge on any atom is -0.351 e. The fourth-order valence-electron chi connectivity index (χ4n) is 2.05. The average Bonchev–Trinajstić information content (AvgIpc) is 2.59. The van der Waals surface area contributed by atoms with Gasteiger partial charge in [0.25, 0.3) is 0 Å². The summed E-state index contributed by atoms with van der Waals surface area (Å²) >= 11 is 11.5. The van der Waals surface area contributed by atoms with Crippen molar-refractivity contribution in [3.8, 4) is 0 Å². The molecule has 0 radical (unpaired) electrons. The van der Waals surface area contributed by atoms with E-state index >= 15 is 0 Å². The number of likely N-dealkylation sites (N-methyl/N-ethyl adjacent to an activating group) is 1. The molecule has 134 valence electrons. The van der Waals surface area contributed by atoms with E-state index < -0.39 is 15.9 Å². The van der Waals surface area contributed by atoms with E-state index in [2.05, 4.69) is 10.3 Å².